The molecule has 0 radical (unpaired) electrons. The Morgan fingerprint density at radius 3 is 1.73 bits per heavy atom. The van der Waals surface area contributed by atoms with Gasteiger partial charge in [0.1, 0.15) is 5.54 Å². The van der Waals surface area contributed by atoms with Gasteiger partial charge in [0.25, 0.3) is 0 Å². The van der Waals surface area contributed by atoms with E-state index < -0.39 is 11.5 Å². The second-order valence-corrected chi connectivity index (χ2v) is 4.33. The Morgan fingerprint density at radius 2 is 1.73 bits per heavy atom. The quantitative estimate of drug-likeness (QED) is 0.512. The third-order valence-electron chi connectivity index (χ3n) is 3.32. The van der Waals surface area contributed by atoms with E-state index in [1.165, 1.54) is 0 Å². The van der Waals surface area contributed by atoms with Gasteiger partial charge < -0.3 is 20.8 Å². The number of aliphatic hydroxyl groups is 1. The van der Waals surface area contributed by atoms with Crippen molar-refractivity contribution in [2.45, 2.75) is 36.8 Å². The maximum atomic E-state index is 10.3. The lowest BCUT2D eigenvalue weighted by Gasteiger charge is -2.06. The van der Waals surface area contributed by atoms with Crippen molar-refractivity contribution in [3.8, 4) is 0 Å². The van der Waals surface area contributed by atoms with Gasteiger partial charge in [-0.15, -0.1) is 0 Å². The molecule has 2 saturated carbocycles. The molecule has 2 aliphatic carbocycles. The molecule has 2 aliphatic rings. The summed E-state index contributed by atoms with van der Waals surface area (Å²) in [5.41, 5.74) is -0.403. The minimum Gasteiger partial charge on any atom is -0.480 e. The fraction of sp³-hybridized carbons (Fsp3) is 0.900. The lowest BCUT2D eigenvalue weighted by Crippen LogP contribution is -2.35. The molecule has 4 N–H and O–H groups in total. The van der Waals surface area contributed by atoms with Gasteiger partial charge in [0.15, 0.2) is 0 Å². The molecule has 0 aromatic rings. The molecule has 0 aromatic carbocycles. The topological polar surface area (TPSA) is 81.6 Å². The van der Waals surface area contributed by atoms with Crippen LogP contribution in [0.4, 0.5) is 0 Å². The summed E-state index contributed by atoms with van der Waals surface area (Å²) in [6.45, 7) is 0.295. The zero-order valence-corrected chi connectivity index (χ0v) is 9.34. The molecule has 2 rings (SSSR count). The van der Waals surface area contributed by atoms with Crippen molar-refractivity contribution in [1.82, 2.24) is 10.6 Å². The molecule has 0 atom stereocenters. The Hall–Kier alpha value is -0.650. The van der Waals surface area contributed by atoms with Crippen molar-refractivity contribution in [2.24, 2.45) is 0 Å². The Labute approximate surface area is 89.9 Å². The Kier molecular flexibility index (Phi) is 3.70. The summed E-state index contributed by atoms with van der Waals surface area (Å²) in [6.07, 6.45) is 3.83. The van der Waals surface area contributed by atoms with Crippen LogP contribution in [0.15, 0.2) is 0 Å². The third kappa shape index (κ3) is 2.90. The Balaban J connectivity index is 0.000000151. The minimum atomic E-state index is -0.722. The second kappa shape index (κ2) is 4.47. The molecule has 0 heterocycles. The van der Waals surface area contributed by atoms with E-state index >= 15 is 0 Å². The highest BCUT2D eigenvalue weighted by molar-refractivity contribution is 5.82. The summed E-state index contributed by atoms with van der Waals surface area (Å²) in [4.78, 5) is 10.3. The van der Waals surface area contributed by atoms with E-state index in [4.69, 9.17) is 10.2 Å². The average Bonchev–Trinajstić information content (AvgIpc) is 3.14. The van der Waals surface area contributed by atoms with Crippen LogP contribution < -0.4 is 10.6 Å². The van der Waals surface area contributed by atoms with Crippen molar-refractivity contribution >= 4 is 5.97 Å². The van der Waals surface area contributed by atoms with Gasteiger partial charge in [0.2, 0.25) is 0 Å². The number of aliphatic carboxylic acids is 1. The van der Waals surface area contributed by atoms with Gasteiger partial charge in [0, 0.05) is 5.54 Å². The van der Waals surface area contributed by atoms with Crippen LogP contribution in [0.5, 0.6) is 0 Å². The van der Waals surface area contributed by atoms with E-state index in [9.17, 15) is 4.79 Å². The van der Waals surface area contributed by atoms with Gasteiger partial charge in [-0.2, -0.15) is 0 Å². The Bertz CT molecular complexity index is 229. The average molecular weight is 216 g/mol. The minimum absolute atomic E-state index is 0.139. The maximum absolute atomic E-state index is 10.3. The summed E-state index contributed by atoms with van der Waals surface area (Å²) in [5.74, 6) is -0.722. The fourth-order valence-electron chi connectivity index (χ4n) is 1.33. The summed E-state index contributed by atoms with van der Waals surface area (Å²) < 4.78 is 0. The van der Waals surface area contributed by atoms with Crippen molar-refractivity contribution in [3.05, 3.63) is 0 Å². The lowest BCUT2D eigenvalue weighted by molar-refractivity contribution is -0.140. The van der Waals surface area contributed by atoms with Gasteiger partial charge in [-0.05, 0) is 39.8 Å². The molecule has 0 spiro atoms. The summed E-state index contributed by atoms with van der Waals surface area (Å²) in [7, 11) is 3.57. The van der Waals surface area contributed by atoms with Crippen molar-refractivity contribution in [3.63, 3.8) is 0 Å². The molecule has 2 fully saturated rings. The SMILES string of the molecule is CNC1(C(=O)O)CC1.CNC1(CO)CC1. The molecule has 15 heavy (non-hydrogen) atoms. The van der Waals surface area contributed by atoms with Crippen molar-refractivity contribution in [1.29, 1.82) is 0 Å². The number of hydrogen-bond acceptors (Lipinski definition) is 4. The molecule has 0 aliphatic heterocycles. The van der Waals surface area contributed by atoms with Gasteiger partial charge in [0.05, 0.1) is 6.61 Å². The highest BCUT2D eigenvalue weighted by Crippen LogP contribution is 2.34. The van der Waals surface area contributed by atoms with Crippen LogP contribution in [-0.2, 0) is 4.79 Å². The molecule has 0 bridgehead atoms. The highest BCUT2D eigenvalue weighted by atomic mass is 16.4. The summed E-state index contributed by atoms with van der Waals surface area (Å²) in [5, 5.41) is 22.8. The smallest absolute Gasteiger partial charge is 0.323 e. The lowest BCUT2D eigenvalue weighted by atomic mass is 10.3. The fourth-order valence-corrected chi connectivity index (χ4v) is 1.33. The largest absolute Gasteiger partial charge is 0.480 e. The van der Waals surface area contributed by atoms with E-state index in [-0.39, 0.29) is 5.54 Å². The summed E-state index contributed by atoms with van der Waals surface area (Å²) in [6, 6.07) is 0. The zero-order valence-electron chi connectivity index (χ0n) is 9.34. The zero-order chi connectivity index (χ0) is 11.5. The molecule has 0 saturated heterocycles. The first-order valence-corrected chi connectivity index (χ1v) is 5.26. The number of rotatable bonds is 4. The molecule has 0 amide bonds. The number of aliphatic hydroxyl groups excluding tert-OH is 1. The van der Waals surface area contributed by atoms with E-state index in [0.29, 0.717) is 6.61 Å². The second-order valence-electron chi connectivity index (χ2n) is 4.33. The van der Waals surface area contributed by atoms with Crippen molar-refractivity contribution in [2.75, 3.05) is 20.7 Å². The van der Waals surface area contributed by atoms with Crippen LogP contribution in [0, 0.1) is 0 Å². The standard InChI is InChI=1S/C5H9NO2.C5H11NO/c1-6-5(2-3-5)4(7)8;1-6-5(4-7)2-3-5/h6H,2-3H2,1H3,(H,7,8);6-7H,2-4H2,1H3. The first-order valence-electron chi connectivity index (χ1n) is 5.26. The Morgan fingerprint density at radius 1 is 1.20 bits per heavy atom. The van der Waals surface area contributed by atoms with E-state index in [2.05, 4.69) is 10.6 Å². The normalized spacial score (nSPS) is 23.7. The molecular weight excluding hydrogens is 196 g/mol. The highest BCUT2D eigenvalue weighted by Gasteiger charge is 2.48. The predicted molar refractivity (Wildman–Crippen MR) is 56.8 cm³/mol. The number of carbonyl (C=O) groups is 1. The predicted octanol–water partition coefficient (Wildman–Crippen LogP) is -0.446. The van der Waals surface area contributed by atoms with Gasteiger partial charge in [-0.1, -0.05) is 0 Å². The van der Waals surface area contributed by atoms with E-state index in [1.807, 2.05) is 7.05 Å². The molecule has 88 valence electrons. The first-order chi connectivity index (χ1) is 7.04. The molecule has 0 aromatic heterocycles. The van der Waals surface area contributed by atoms with Crippen LogP contribution in [0.1, 0.15) is 25.7 Å². The van der Waals surface area contributed by atoms with Crippen LogP contribution in [0.2, 0.25) is 0 Å². The number of likely N-dealkylation sites (N-methyl/N-ethyl adjacent to an activating group) is 2. The van der Waals surface area contributed by atoms with Crippen LogP contribution in [0.25, 0.3) is 0 Å². The van der Waals surface area contributed by atoms with Crippen LogP contribution in [-0.4, -0.2) is 48.0 Å². The van der Waals surface area contributed by atoms with Crippen LogP contribution in [0.3, 0.4) is 0 Å². The van der Waals surface area contributed by atoms with Gasteiger partial charge in [-0.3, -0.25) is 4.79 Å². The number of carboxylic acid groups (broad SMARTS) is 1. The van der Waals surface area contributed by atoms with Crippen molar-refractivity contribution < 1.29 is 15.0 Å². The molecule has 5 nitrogen and oxygen atoms in total. The summed E-state index contributed by atoms with van der Waals surface area (Å²) >= 11 is 0. The number of hydrogen-bond donors (Lipinski definition) is 4. The van der Waals surface area contributed by atoms with Crippen LogP contribution >= 0.6 is 0 Å². The molecule has 0 unspecified atom stereocenters. The first kappa shape index (κ1) is 12.4. The number of carboxylic acids is 1. The van der Waals surface area contributed by atoms with Gasteiger partial charge in [-0.25, -0.2) is 0 Å². The van der Waals surface area contributed by atoms with E-state index in [1.54, 1.807) is 7.05 Å². The van der Waals surface area contributed by atoms with E-state index in [0.717, 1.165) is 25.7 Å². The van der Waals surface area contributed by atoms with Gasteiger partial charge >= 0.3 is 5.97 Å². The number of nitrogens with one attached hydrogen (secondary N) is 2. The molecule has 5 heteroatoms. The third-order valence-corrected chi connectivity index (χ3v) is 3.32. The maximum Gasteiger partial charge on any atom is 0.323 e. The molecular formula is C10H20N2O3. The monoisotopic (exact) mass is 216 g/mol.